The molecule has 12 aromatic rings. The summed E-state index contributed by atoms with van der Waals surface area (Å²) in [6, 6.07) is 71.2. The molecule has 3 heterocycles. The van der Waals surface area contributed by atoms with Crippen molar-refractivity contribution in [3.8, 4) is 85.2 Å². The van der Waals surface area contributed by atoms with E-state index >= 15 is 0 Å². The van der Waals surface area contributed by atoms with E-state index in [4.69, 9.17) is 18.1 Å². The highest BCUT2D eigenvalue weighted by molar-refractivity contribution is 6.14. The normalized spacial score (nSPS) is 11.0. The Morgan fingerprint density at radius 1 is 0.347 bits per heavy atom. The molecule has 8 heteroatoms. The highest BCUT2D eigenvalue weighted by atomic mass is 15.0. The molecule has 330 valence electrons. The minimum atomic E-state index is 0.508. The summed E-state index contributed by atoms with van der Waals surface area (Å²) in [4.78, 5) is 12.0. The molecule has 0 atom stereocenters. The molecular weight excluding hydrogens is 881 g/mol. The zero-order valence-corrected chi connectivity index (χ0v) is 38.2. The average Bonchev–Trinajstić information content (AvgIpc) is 3.96. The van der Waals surface area contributed by atoms with Crippen LogP contribution in [-0.2, 0) is 0 Å². The first kappa shape index (κ1) is 42.5. The maximum absolute atomic E-state index is 10.5. The van der Waals surface area contributed by atoms with Crippen LogP contribution in [0.3, 0.4) is 0 Å². The van der Waals surface area contributed by atoms with Gasteiger partial charge < -0.3 is 9.13 Å². The fourth-order valence-electron chi connectivity index (χ4n) is 10.0. The Labute approximate surface area is 414 Å². The molecule has 72 heavy (non-hydrogen) atoms. The average molecular weight is 915 g/mol. The number of rotatable bonds is 7. The molecule has 0 saturated carbocycles. The number of fused-ring (bicyclic) bond motifs is 6. The van der Waals surface area contributed by atoms with E-state index in [-0.39, 0.29) is 0 Å². The van der Waals surface area contributed by atoms with Crippen molar-refractivity contribution in [3.63, 3.8) is 0 Å². The Hall–Kier alpha value is -10.8. The molecule has 9 aromatic carbocycles. The van der Waals surface area contributed by atoms with Gasteiger partial charge in [-0.25, -0.2) is 9.69 Å². The van der Waals surface area contributed by atoms with Gasteiger partial charge in [-0.2, -0.15) is 15.8 Å². The number of pyridine rings is 1. The van der Waals surface area contributed by atoms with E-state index in [2.05, 4.69) is 110 Å². The fourth-order valence-corrected chi connectivity index (χ4v) is 10.0. The quantitative estimate of drug-likeness (QED) is 0.149. The van der Waals surface area contributed by atoms with E-state index in [0.29, 0.717) is 28.1 Å². The Morgan fingerprint density at radius 3 is 1.07 bits per heavy atom. The van der Waals surface area contributed by atoms with Gasteiger partial charge in [0.15, 0.2) is 11.4 Å². The zero-order chi connectivity index (χ0) is 48.9. The number of aromatic nitrogens is 3. The van der Waals surface area contributed by atoms with E-state index in [1.807, 2.05) is 128 Å². The van der Waals surface area contributed by atoms with Crippen molar-refractivity contribution in [1.29, 1.82) is 15.8 Å². The molecule has 0 fully saturated rings. The zero-order valence-electron chi connectivity index (χ0n) is 38.2. The second kappa shape index (κ2) is 17.4. The number of benzene rings is 9. The van der Waals surface area contributed by atoms with E-state index in [9.17, 15) is 15.8 Å². The molecule has 0 amide bonds. The van der Waals surface area contributed by atoms with E-state index in [0.717, 1.165) is 111 Å². The predicted octanol–water partition coefficient (Wildman–Crippen LogP) is 16.3. The molecule has 0 aliphatic heterocycles. The van der Waals surface area contributed by atoms with Crippen molar-refractivity contribution in [2.75, 3.05) is 0 Å². The Morgan fingerprint density at radius 2 is 0.694 bits per heavy atom. The topological polar surface area (TPSA) is 103 Å². The lowest BCUT2D eigenvalue weighted by Gasteiger charge is -2.18. The van der Waals surface area contributed by atoms with Crippen LogP contribution < -0.4 is 0 Å². The van der Waals surface area contributed by atoms with Crippen LogP contribution in [0.4, 0.5) is 11.4 Å². The van der Waals surface area contributed by atoms with Crippen molar-refractivity contribution in [3.05, 3.63) is 246 Å². The van der Waals surface area contributed by atoms with Crippen LogP contribution in [0, 0.1) is 47.1 Å². The molecular formula is C64H34N8. The third kappa shape index (κ3) is 7.17. The molecule has 0 radical (unpaired) electrons. The summed E-state index contributed by atoms with van der Waals surface area (Å²) in [7, 11) is 0. The molecule has 0 aliphatic rings. The lowest BCUT2D eigenvalue weighted by Crippen LogP contribution is -2.02. The largest absolute Gasteiger partial charge is 0.309 e. The van der Waals surface area contributed by atoms with Gasteiger partial charge in [-0.05, 0) is 142 Å². The minimum absolute atomic E-state index is 0.508. The summed E-state index contributed by atoms with van der Waals surface area (Å²) in [5.74, 6) is 0. The van der Waals surface area contributed by atoms with Crippen LogP contribution in [0.2, 0.25) is 0 Å². The molecule has 3 aromatic heterocycles. The van der Waals surface area contributed by atoms with E-state index < -0.39 is 0 Å². The van der Waals surface area contributed by atoms with Gasteiger partial charge in [-0.1, -0.05) is 97.1 Å². The number of hydrogen-bond acceptors (Lipinski definition) is 4. The minimum Gasteiger partial charge on any atom is -0.309 e. The van der Waals surface area contributed by atoms with Crippen molar-refractivity contribution < 1.29 is 0 Å². The first-order chi connectivity index (χ1) is 35.4. The summed E-state index contributed by atoms with van der Waals surface area (Å²) in [6.07, 6.45) is 3.69. The molecule has 0 N–H and O–H groups in total. The maximum Gasteiger partial charge on any atom is 0.187 e. The third-order valence-corrected chi connectivity index (χ3v) is 13.6. The Kier molecular flexibility index (Phi) is 10.3. The number of hydrogen-bond donors (Lipinski definition) is 0. The summed E-state index contributed by atoms with van der Waals surface area (Å²) >= 11 is 0. The van der Waals surface area contributed by atoms with Crippen LogP contribution in [0.25, 0.3) is 120 Å². The highest BCUT2D eigenvalue weighted by Gasteiger charge is 2.23. The van der Waals surface area contributed by atoms with Gasteiger partial charge >= 0.3 is 0 Å². The van der Waals surface area contributed by atoms with Crippen LogP contribution in [0.5, 0.6) is 0 Å². The van der Waals surface area contributed by atoms with Gasteiger partial charge in [0.25, 0.3) is 0 Å². The van der Waals surface area contributed by atoms with Crippen LogP contribution in [-0.4, -0.2) is 14.1 Å². The second-order valence-corrected chi connectivity index (χ2v) is 17.5. The lowest BCUT2D eigenvalue weighted by atomic mass is 9.99. The van der Waals surface area contributed by atoms with Gasteiger partial charge in [0.05, 0.1) is 87.7 Å². The molecule has 0 bridgehead atoms. The molecule has 12 rings (SSSR count). The Balaban J connectivity index is 1.10. The van der Waals surface area contributed by atoms with E-state index in [1.165, 1.54) is 0 Å². The summed E-state index contributed by atoms with van der Waals surface area (Å²) in [5, 5.41) is 33.7. The van der Waals surface area contributed by atoms with Gasteiger partial charge in [0.1, 0.15) is 0 Å². The summed E-state index contributed by atoms with van der Waals surface area (Å²) in [6.45, 7) is 15.0. The van der Waals surface area contributed by atoms with Crippen LogP contribution in [0.15, 0.2) is 207 Å². The number of nitrogens with zero attached hydrogens (tertiary/aromatic N) is 8. The molecule has 0 spiro atoms. The van der Waals surface area contributed by atoms with Crippen molar-refractivity contribution >= 4 is 55.0 Å². The summed E-state index contributed by atoms with van der Waals surface area (Å²) in [5.41, 5.74) is 18.1. The smallest absolute Gasteiger partial charge is 0.187 e. The second-order valence-electron chi connectivity index (χ2n) is 17.5. The Bertz CT molecular complexity index is 4180. The first-order valence-corrected chi connectivity index (χ1v) is 23.1. The highest BCUT2D eigenvalue weighted by Crippen LogP contribution is 2.44. The van der Waals surface area contributed by atoms with Crippen molar-refractivity contribution in [1.82, 2.24) is 14.1 Å². The standard InChI is InChI=1S/C64H34N8/c1-68-51-20-12-45(13-21-51)49-16-25-60-55(34-49)56-35-50(46-14-22-52(69-2)23-15-46)17-26-61(56)71(60)59-24-7-42(38-67)31-54(59)53-29-30-70-39-64(53)72-62-27-18-47(43-8-3-40(36-65)4-9-43)32-57(62)58-33-48(19-28-63(58)72)44-10-5-41(37-66)6-11-44/h3-35,39H. The first-order valence-electron chi connectivity index (χ1n) is 23.1. The van der Waals surface area contributed by atoms with Gasteiger partial charge in [-0.3, -0.25) is 4.98 Å². The summed E-state index contributed by atoms with van der Waals surface area (Å²) < 4.78 is 4.53. The monoisotopic (exact) mass is 914 g/mol. The fraction of sp³-hybridized carbons (Fsp3) is 0. The van der Waals surface area contributed by atoms with Crippen molar-refractivity contribution in [2.24, 2.45) is 0 Å². The van der Waals surface area contributed by atoms with E-state index in [1.54, 1.807) is 6.20 Å². The number of nitriles is 3. The van der Waals surface area contributed by atoms with Gasteiger partial charge in [0.2, 0.25) is 0 Å². The molecule has 0 saturated heterocycles. The van der Waals surface area contributed by atoms with Crippen molar-refractivity contribution in [2.45, 2.75) is 0 Å². The lowest BCUT2D eigenvalue weighted by molar-refractivity contribution is 1.13. The van der Waals surface area contributed by atoms with Crippen LogP contribution in [0.1, 0.15) is 16.7 Å². The molecule has 8 nitrogen and oxygen atoms in total. The predicted molar refractivity (Wildman–Crippen MR) is 287 cm³/mol. The SMILES string of the molecule is [C-]#[N+]c1ccc(-c2ccc3c(c2)c2cc(-c4ccc([N+]#[C-])cc4)ccc2n3-c2ccc(C#N)cc2-c2ccncc2-n2c3ccc(-c4ccc(C#N)cc4)cc3c3cc(-c4ccc(C#N)cc4)ccc32)cc1. The van der Waals surface area contributed by atoms with Gasteiger partial charge in [-0.15, -0.1) is 0 Å². The van der Waals surface area contributed by atoms with Gasteiger partial charge in [0, 0.05) is 38.9 Å². The molecule has 0 unspecified atom stereocenters. The van der Waals surface area contributed by atoms with Crippen LogP contribution >= 0.6 is 0 Å². The maximum atomic E-state index is 10.5. The third-order valence-electron chi connectivity index (χ3n) is 13.6. The molecule has 0 aliphatic carbocycles.